The van der Waals surface area contributed by atoms with Crippen LogP contribution in [0.4, 0.5) is 5.13 Å². The Labute approximate surface area is 97.9 Å². The minimum Gasteiger partial charge on any atom is -0.393 e. The van der Waals surface area contributed by atoms with Crippen LogP contribution in [0.3, 0.4) is 0 Å². The van der Waals surface area contributed by atoms with E-state index in [1.807, 2.05) is 6.92 Å². The second-order valence-electron chi connectivity index (χ2n) is 3.07. The fourth-order valence-electron chi connectivity index (χ4n) is 1.17. The summed E-state index contributed by atoms with van der Waals surface area (Å²) < 4.78 is 0. The van der Waals surface area contributed by atoms with Crippen molar-refractivity contribution in [3.63, 3.8) is 0 Å². The Morgan fingerprint density at radius 1 is 1.80 bits per heavy atom. The summed E-state index contributed by atoms with van der Waals surface area (Å²) in [5.74, 6) is -0.562. The molecule has 1 aromatic heterocycles. The molecular formula is C9H13N3OS2. The van der Waals surface area contributed by atoms with Crippen molar-refractivity contribution >= 4 is 39.6 Å². The van der Waals surface area contributed by atoms with Crippen LogP contribution in [0.5, 0.6) is 0 Å². The van der Waals surface area contributed by atoms with Crippen molar-refractivity contribution in [2.24, 2.45) is 11.7 Å². The molecule has 0 aliphatic rings. The first-order valence-corrected chi connectivity index (χ1v) is 5.93. The summed E-state index contributed by atoms with van der Waals surface area (Å²) in [5, 5.41) is 5.07. The second-order valence-corrected chi connectivity index (χ2v) is 4.44. The van der Waals surface area contributed by atoms with E-state index < -0.39 is 5.92 Å². The lowest BCUT2D eigenvalue weighted by Crippen LogP contribution is -2.33. The molecule has 6 heteroatoms. The molecule has 1 unspecified atom stereocenters. The average Bonchev–Trinajstić information content (AvgIpc) is 2.65. The zero-order valence-electron chi connectivity index (χ0n) is 8.40. The number of nitrogens with one attached hydrogen (secondary N) is 1. The van der Waals surface area contributed by atoms with E-state index in [-0.39, 0.29) is 10.9 Å². The lowest BCUT2D eigenvalue weighted by Gasteiger charge is -2.12. The number of carbonyl (C=O) groups is 1. The topological polar surface area (TPSA) is 68.0 Å². The lowest BCUT2D eigenvalue weighted by atomic mass is 10.0. The fourth-order valence-corrected chi connectivity index (χ4v) is 1.93. The van der Waals surface area contributed by atoms with Gasteiger partial charge in [0.15, 0.2) is 5.13 Å². The maximum absolute atomic E-state index is 11.7. The van der Waals surface area contributed by atoms with E-state index >= 15 is 0 Å². The summed E-state index contributed by atoms with van der Waals surface area (Å²) in [5.41, 5.74) is 5.51. The Kier molecular flexibility index (Phi) is 4.64. The van der Waals surface area contributed by atoms with E-state index in [1.165, 1.54) is 11.3 Å². The van der Waals surface area contributed by atoms with Crippen molar-refractivity contribution in [2.75, 3.05) is 5.32 Å². The highest BCUT2D eigenvalue weighted by atomic mass is 32.1. The van der Waals surface area contributed by atoms with Crippen molar-refractivity contribution in [2.45, 2.75) is 19.8 Å². The van der Waals surface area contributed by atoms with Crippen LogP contribution in [-0.4, -0.2) is 15.9 Å². The first-order chi connectivity index (χ1) is 7.15. The molecule has 0 radical (unpaired) electrons. The van der Waals surface area contributed by atoms with Crippen molar-refractivity contribution < 1.29 is 4.79 Å². The van der Waals surface area contributed by atoms with Gasteiger partial charge in [-0.3, -0.25) is 4.79 Å². The Morgan fingerprint density at radius 3 is 3.00 bits per heavy atom. The summed E-state index contributed by atoms with van der Waals surface area (Å²) in [6.07, 6.45) is 3.18. The Bertz CT molecular complexity index is 337. The van der Waals surface area contributed by atoms with Crippen LogP contribution in [0.2, 0.25) is 0 Å². The van der Waals surface area contributed by atoms with Crippen LogP contribution in [0.25, 0.3) is 0 Å². The maximum atomic E-state index is 11.7. The Morgan fingerprint density at radius 2 is 2.53 bits per heavy atom. The van der Waals surface area contributed by atoms with Gasteiger partial charge < -0.3 is 11.1 Å². The zero-order chi connectivity index (χ0) is 11.3. The number of hydrogen-bond acceptors (Lipinski definition) is 4. The number of aromatic nitrogens is 1. The molecular weight excluding hydrogens is 230 g/mol. The van der Waals surface area contributed by atoms with Crippen LogP contribution in [0.1, 0.15) is 19.8 Å². The van der Waals surface area contributed by atoms with Crippen molar-refractivity contribution in [1.82, 2.24) is 4.98 Å². The standard InChI is InChI=1S/C9H13N3OS2/c1-2-3-6(7(10)14)8(13)12-9-11-4-5-15-9/h4-6H,2-3H2,1H3,(H2,10,14)(H,11,12,13). The monoisotopic (exact) mass is 243 g/mol. The molecule has 0 saturated heterocycles. The quantitative estimate of drug-likeness (QED) is 0.774. The highest BCUT2D eigenvalue weighted by Crippen LogP contribution is 2.14. The molecule has 1 amide bonds. The molecule has 0 spiro atoms. The highest BCUT2D eigenvalue weighted by Gasteiger charge is 2.20. The van der Waals surface area contributed by atoms with E-state index in [1.54, 1.807) is 11.6 Å². The average molecular weight is 243 g/mol. The number of thiazole rings is 1. The van der Waals surface area contributed by atoms with Gasteiger partial charge >= 0.3 is 0 Å². The number of nitrogens with two attached hydrogens (primary N) is 1. The van der Waals surface area contributed by atoms with Gasteiger partial charge in [0.05, 0.1) is 10.9 Å². The smallest absolute Gasteiger partial charge is 0.236 e. The number of anilines is 1. The van der Waals surface area contributed by atoms with E-state index in [0.717, 1.165) is 6.42 Å². The van der Waals surface area contributed by atoms with Crippen LogP contribution in [-0.2, 0) is 4.79 Å². The summed E-state index contributed by atoms with van der Waals surface area (Å²) >= 11 is 6.23. The Balaban J connectivity index is 2.60. The minimum atomic E-state index is -0.395. The molecule has 3 N–H and O–H groups in total. The molecule has 0 aromatic carbocycles. The summed E-state index contributed by atoms with van der Waals surface area (Å²) in [6, 6.07) is 0. The van der Waals surface area contributed by atoms with Gasteiger partial charge in [-0.15, -0.1) is 11.3 Å². The molecule has 1 atom stereocenters. The van der Waals surface area contributed by atoms with Crippen molar-refractivity contribution in [3.05, 3.63) is 11.6 Å². The largest absolute Gasteiger partial charge is 0.393 e. The third kappa shape index (κ3) is 3.56. The van der Waals surface area contributed by atoms with E-state index in [4.69, 9.17) is 18.0 Å². The molecule has 0 aliphatic carbocycles. The summed E-state index contributed by atoms with van der Waals surface area (Å²) in [6.45, 7) is 1.99. The first-order valence-electron chi connectivity index (χ1n) is 4.64. The van der Waals surface area contributed by atoms with E-state index in [2.05, 4.69) is 10.3 Å². The predicted octanol–water partition coefficient (Wildman–Crippen LogP) is 1.78. The van der Waals surface area contributed by atoms with Crippen LogP contribution in [0.15, 0.2) is 11.6 Å². The highest BCUT2D eigenvalue weighted by molar-refractivity contribution is 7.80. The van der Waals surface area contributed by atoms with Gasteiger partial charge in [-0.05, 0) is 6.42 Å². The molecule has 4 nitrogen and oxygen atoms in total. The second kappa shape index (κ2) is 5.77. The molecule has 1 aromatic rings. The van der Waals surface area contributed by atoms with Crippen LogP contribution >= 0.6 is 23.6 Å². The van der Waals surface area contributed by atoms with Crippen molar-refractivity contribution in [1.29, 1.82) is 0 Å². The normalized spacial score (nSPS) is 12.1. The lowest BCUT2D eigenvalue weighted by molar-refractivity contribution is -0.118. The summed E-state index contributed by atoms with van der Waals surface area (Å²) in [4.78, 5) is 15.9. The number of amides is 1. The van der Waals surface area contributed by atoms with Gasteiger partial charge in [-0.2, -0.15) is 0 Å². The predicted molar refractivity (Wildman–Crippen MR) is 65.9 cm³/mol. The van der Waals surface area contributed by atoms with E-state index in [0.29, 0.717) is 11.6 Å². The van der Waals surface area contributed by atoms with Gasteiger partial charge in [-0.25, -0.2) is 4.98 Å². The van der Waals surface area contributed by atoms with Crippen LogP contribution < -0.4 is 11.1 Å². The third-order valence-corrected chi connectivity index (χ3v) is 2.87. The van der Waals surface area contributed by atoms with E-state index in [9.17, 15) is 4.79 Å². The number of thiocarbonyl (C=S) groups is 1. The van der Waals surface area contributed by atoms with Crippen molar-refractivity contribution in [3.8, 4) is 0 Å². The number of carbonyl (C=O) groups excluding carboxylic acids is 1. The zero-order valence-corrected chi connectivity index (χ0v) is 10.0. The molecule has 1 rings (SSSR count). The Hall–Kier alpha value is -1.01. The third-order valence-electron chi connectivity index (χ3n) is 1.90. The molecule has 0 fully saturated rings. The van der Waals surface area contributed by atoms with Gasteiger partial charge in [0.1, 0.15) is 0 Å². The molecule has 0 aliphatic heterocycles. The van der Waals surface area contributed by atoms with Crippen LogP contribution in [0, 0.1) is 5.92 Å². The SMILES string of the molecule is CCCC(C(=O)Nc1nccs1)C(N)=S. The first kappa shape index (κ1) is 12.1. The number of rotatable bonds is 5. The minimum absolute atomic E-state index is 0.167. The fraction of sp³-hybridized carbons (Fsp3) is 0.444. The molecule has 82 valence electrons. The van der Waals surface area contributed by atoms with Gasteiger partial charge in [-0.1, -0.05) is 25.6 Å². The molecule has 0 bridgehead atoms. The van der Waals surface area contributed by atoms with Gasteiger partial charge in [0, 0.05) is 11.6 Å². The molecule has 1 heterocycles. The maximum Gasteiger partial charge on any atom is 0.236 e. The van der Waals surface area contributed by atoms with Gasteiger partial charge in [0.2, 0.25) is 5.91 Å². The molecule has 0 saturated carbocycles. The van der Waals surface area contributed by atoms with Gasteiger partial charge in [0.25, 0.3) is 0 Å². The summed E-state index contributed by atoms with van der Waals surface area (Å²) in [7, 11) is 0. The number of hydrogen-bond donors (Lipinski definition) is 2. The molecule has 15 heavy (non-hydrogen) atoms. The number of nitrogens with zero attached hydrogens (tertiary/aromatic N) is 1.